The smallest absolute Gasteiger partial charge is 0.0976 e. The Bertz CT molecular complexity index is 317. The van der Waals surface area contributed by atoms with Gasteiger partial charge in [0.1, 0.15) is 0 Å². The quantitative estimate of drug-likeness (QED) is 0.853. The molecule has 0 saturated heterocycles. The van der Waals surface area contributed by atoms with Crippen LogP contribution in [-0.2, 0) is 11.0 Å². The molecule has 1 aromatic rings. The molecule has 1 rings (SSSR count). The molecule has 1 heterocycles. The number of hydrogen-bond acceptors (Lipinski definition) is 3. The maximum absolute atomic E-state index is 11.8. The third kappa shape index (κ3) is 3.68. The van der Waals surface area contributed by atoms with Crippen molar-refractivity contribution in [2.24, 2.45) is 0 Å². The lowest BCUT2D eigenvalue weighted by Crippen LogP contribution is -2.36. The van der Waals surface area contributed by atoms with Crippen LogP contribution in [0.1, 0.15) is 32.4 Å². The molecule has 86 valence electrons. The van der Waals surface area contributed by atoms with E-state index in [1.807, 2.05) is 37.6 Å². The fourth-order valence-corrected chi connectivity index (χ4v) is 2.53. The Morgan fingerprint density at radius 3 is 2.67 bits per heavy atom. The van der Waals surface area contributed by atoms with E-state index in [1.54, 1.807) is 11.3 Å². The Kier molecular flexibility index (Phi) is 4.45. The van der Waals surface area contributed by atoms with Crippen LogP contribution in [-0.4, -0.2) is 20.7 Å². The third-order valence-electron chi connectivity index (χ3n) is 1.93. The number of rotatable bonds is 4. The van der Waals surface area contributed by atoms with Crippen LogP contribution in [0.2, 0.25) is 0 Å². The molecule has 0 spiro atoms. The van der Waals surface area contributed by atoms with Crippen LogP contribution in [0.3, 0.4) is 0 Å². The molecule has 15 heavy (non-hydrogen) atoms. The van der Waals surface area contributed by atoms with Gasteiger partial charge in [-0.15, -0.1) is 0 Å². The van der Waals surface area contributed by atoms with Gasteiger partial charge in [-0.1, -0.05) is 0 Å². The molecule has 0 saturated carbocycles. The molecule has 0 aliphatic rings. The monoisotopic (exact) mass is 247 g/mol. The van der Waals surface area contributed by atoms with Gasteiger partial charge in [0.05, 0.1) is 28.4 Å². The standard InChI is InChI=1S/C10H17NO2S2/c1-10(2,3)15(13)11-9(6-12)8-4-5-14-7-8/h4-5,7,9,11-12H,6H2,1-3H3/t9-,15+/m0/s1. The van der Waals surface area contributed by atoms with Crippen molar-refractivity contribution < 1.29 is 9.32 Å². The minimum atomic E-state index is -1.16. The maximum Gasteiger partial charge on any atom is 0.0976 e. The van der Waals surface area contributed by atoms with E-state index in [-0.39, 0.29) is 17.4 Å². The predicted molar refractivity (Wildman–Crippen MR) is 65.2 cm³/mol. The molecular formula is C10H17NO2S2. The van der Waals surface area contributed by atoms with Crippen LogP contribution in [0.15, 0.2) is 16.8 Å². The van der Waals surface area contributed by atoms with E-state index in [0.717, 1.165) is 5.56 Å². The third-order valence-corrected chi connectivity index (χ3v) is 4.25. The van der Waals surface area contributed by atoms with E-state index in [4.69, 9.17) is 0 Å². The molecule has 0 bridgehead atoms. The first kappa shape index (κ1) is 12.8. The highest BCUT2D eigenvalue weighted by atomic mass is 32.2. The summed E-state index contributed by atoms with van der Waals surface area (Å²) in [4.78, 5) is 0. The molecule has 3 nitrogen and oxygen atoms in total. The van der Waals surface area contributed by atoms with E-state index in [1.165, 1.54) is 0 Å². The molecule has 0 aromatic carbocycles. The minimum Gasteiger partial charge on any atom is -0.394 e. The Hall–Kier alpha value is -0.230. The van der Waals surface area contributed by atoms with Gasteiger partial charge in [0, 0.05) is 0 Å². The van der Waals surface area contributed by atoms with Gasteiger partial charge in [-0.3, -0.25) is 0 Å². The van der Waals surface area contributed by atoms with Gasteiger partial charge in [-0.25, -0.2) is 8.93 Å². The highest BCUT2D eigenvalue weighted by Crippen LogP contribution is 2.19. The fraction of sp³-hybridized carbons (Fsp3) is 0.600. The zero-order chi connectivity index (χ0) is 11.5. The predicted octanol–water partition coefficient (Wildman–Crippen LogP) is 1.83. The van der Waals surface area contributed by atoms with Crippen LogP contribution >= 0.6 is 11.3 Å². The van der Waals surface area contributed by atoms with Gasteiger partial charge in [0.15, 0.2) is 0 Å². The fourth-order valence-electron chi connectivity index (χ4n) is 0.990. The van der Waals surface area contributed by atoms with Crippen LogP contribution in [0.5, 0.6) is 0 Å². The largest absolute Gasteiger partial charge is 0.394 e. The van der Waals surface area contributed by atoms with E-state index < -0.39 is 11.0 Å². The topological polar surface area (TPSA) is 49.3 Å². The first-order valence-electron chi connectivity index (χ1n) is 4.76. The number of nitrogens with one attached hydrogen (secondary N) is 1. The Labute approximate surface area is 97.1 Å². The van der Waals surface area contributed by atoms with Gasteiger partial charge < -0.3 is 5.11 Å². The molecule has 0 aliphatic carbocycles. The molecule has 2 N–H and O–H groups in total. The molecule has 2 atom stereocenters. The summed E-state index contributed by atoms with van der Waals surface area (Å²) in [5.41, 5.74) is 0.986. The Balaban J connectivity index is 2.67. The van der Waals surface area contributed by atoms with Gasteiger partial charge >= 0.3 is 0 Å². The van der Waals surface area contributed by atoms with E-state index in [9.17, 15) is 9.32 Å². The number of aliphatic hydroxyl groups is 1. The van der Waals surface area contributed by atoms with E-state index in [0.29, 0.717) is 0 Å². The summed E-state index contributed by atoms with van der Waals surface area (Å²) >= 11 is 1.57. The van der Waals surface area contributed by atoms with E-state index >= 15 is 0 Å². The molecule has 0 aliphatic heterocycles. The number of aliphatic hydroxyl groups excluding tert-OH is 1. The molecule has 5 heteroatoms. The second-order valence-corrected chi connectivity index (χ2v) is 7.07. The normalized spacial score (nSPS) is 16.3. The lowest BCUT2D eigenvalue weighted by molar-refractivity contribution is 0.260. The Morgan fingerprint density at radius 2 is 2.27 bits per heavy atom. The van der Waals surface area contributed by atoms with Crippen molar-refractivity contribution in [2.45, 2.75) is 31.6 Å². The van der Waals surface area contributed by atoms with Crippen molar-refractivity contribution in [1.82, 2.24) is 4.72 Å². The first-order valence-corrected chi connectivity index (χ1v) is 6.85. The highest BCUT2D eigenvalue weighted by molar-refractivity contribution is 7.84. The average Bonchev–Trinajstić information content (AvgIpc) is 2.64. The van der Waals surface area contributed by atoms with Gasteiger partial charge in [0.25, 0.3) is 0 Å². The lowest BCUT2D eigenvalue weighted by atomic mass is 10.2. The summed E-state index contributed by atoms with van der Waals surface area (Å²) < 4.78 is 14.4. The molecular weight excluding hydrogens is 230 g/mol. The Morgan fingerprint density at radius 1 is 1.60 bits per heavy atom. The number of hydrogen-bond donors (Lipinski definition) is 2. The van der Waals surface area contributed by atoms with Crippen molar-refractivity contribution in [2.75, 3.05) is 6.61 Å². The van der Waals surface area contributed by atoms with Gasteiger partial charge in [-0.05, 0) is 43.2 Å². The molecule has 0 amide bonds. The summed E-state index contributed by atoms with van der Waals surface area (Å²) in [6.45, 7) is 5.66. The summed E-state index contributed by atoms with van der Waals surface area (Å²) in [6.07, 6.45) is 0. The van der Waals surface area contributed by atoms with Crippen LogP contribution in [0.4, 0.5) is 0 Å². The van der Waals surface area contributed by atoms with Crippen LogP contribution in [0, 0.1) is 0 Å². The minimum absolute atomic E-state index is 0.0431. The SMILES string of the molecule is CC(C)(C)[S@@](=O)N[C@@H](CO)c1ccsc1. The highest BCUT2D eigenvalue weighted by Gasteiger charge is 2.23. The van der Waals surface area contributed by atoms with Crippen molar-refractivity contribution in [3.05, 3.63) is 22.4 Å². The molecule has 0 radical (unpaired) electrons. The molecule has 1 aromatic heterocycles. The summed E-state index contributed by atoms with van der Waals surface area (Å²) in [6, 6.07) is 1.69. The van der Waals surface area contributed by atoms with E-state index in [2.05, 4.69) is 4.72 Å². The summed E-state index contributed by atoms with van der Waals surface area (Å²) in [5, 5.41) is 13.1. The summed E-state index contributed by atoms with van der Waals surface area (Å²) in [7, 11) is -1.16. The molecule has 0 fully saturated rings. The molecule has 0 unspecified atom stereocenters. The first-order chi connectivity index (χ1) is 6.95. The lowest BCUT2D eigenvalue weighted by Gasteiger charge is -2.22. The number of thiophene rings is 1. The van der Waals surface area contributed by atoms with Crippen molar-refractivity contribution >= 4 is 22.3 Å². The van der Waals surface area contributed by atoms with Crippen LogP contribution < -0.4 is 4.72 Å². The second kappa shape index (κ2) is 5.21. The van der Waals surface area contributed by atoms with Crippen molar-refractivity contribution in [1.29, 1.82) is 0 Å². The second-order valence-electron chi connectivity index (χ2n) is 4.29. The van der Waals surface area contributed by atoms with Gasteiger partial charge in [-0.2, -0.15) is 11.3 Å². The zero-order valence-electron chi connectivity index (χ0n) is 9.19. The summed E-state index contributed by atoms with van der Waals surface area (Å²) in [5.74, 6) is 0. The zero-order valence-corrected chi connectivity index (χ0v) is 10.8. The average molecular weight is 247 g/mol. The maximum atomic E-state index is 11.8. The van der Waals surface area contributed by atoms with Crippen molar-refractivity contribution in [3.8, 4) is 0 Å². The van der Waals surface area contributed by atoms with Crippen LogP contribution in [0.25, 0.3) is 0 Å². The van der Waals surface area contributed by atoms with Crippen molar-refractivity contribution in [3.63, 3.8) is 0 Å². The van der Waals surface area contributed by atoms with Gasteiger partial charge in [0.2, 0.25) is 0 Å².